The largest absolute Gasteiger partial charge is 0.122 e. The molecular weight excluding hydrogens is 240 g/mol. The van der Waals surface area contributed by atoms with Crippen LogP contribution in [0.3, 0.4) is 0 Å². The van der Waals surface area contributed by atoms with Crippen LogP contribution in [-0.4, -0.2) is 0 Å². The van der Waals surface area contributed by atoms with Gasteiger partial charge in [-0.2, -0.15) is 0 Å². The van der Waals surface area contributed by atoms with Crippen LogP contribution in [0.5, 0.6) is 0 Å². The molecule has 0 radical (unpaired) electrons. The monoisotopic (exact) mass is 250 g/mol. The predicted molar refractivity (Wildman–Crippen MR) is 77.9 cm³/mol. The molecule has 0 atom stereocenters. The third kappa shape index (κ3) is 1.21. The van der Waals surface area contributed by atoms with E-state index >= 15 is 0 Å². The standard InChI is InChI=1S/C17H11Cl/c18-10-11-8-12-4-3-7-15-13-5-1-2-6-14(13)16(9-11)17(12)15/h1-9H,10H2. The van der Waals surface area contributed by atoms with Gasteiger partial charge in [0, 0.05) is 5.88 Å². The minimum atomic E-state index is 0.565. The SMILES string of the molecule is ClCc1cc2c3c(cccc3c1)-c1ccccc1-2. The van der Waals surface area contributed by atoms with Crippen LogP contribution in [-0.2, 0) is 5.88 Å². The molecule has 1 aliphatic carbocycles. The van der Waals surface area contributed by atoms with Gasteiger partial charge in [-0.3, -0.25) is 0 Å². The fourth-order valence-electron chi connectivity index (χ4n) is 2.96. The van der Waals surface area contributed by atoms with Gasteiger partial charge in [-0.15, -0.1) is 11.6 Å². The van der Waals surface area contributed by atoms with Crippen molar-refractivity contribution in [2.45, 2.75) is 5.88 Å². The van der Waals surface area contributed by atoms with Gasteiger partial charge in [-0.1, -0.05) is 42.5 Å². The first-order valence-corrected chi connectivity index (χ1v) is 6.63. The normalized spacial score (nSPS) is 11.8. The molecule has 0 aromatic heterocycles. The number of rotatable bonds is 1. The first kappa shape index (κ1) is 10.2. The average molecular weight is 251 g/mol. The Morgan fingerprint density at radius 3 is 2.22 bits per heavy atom. The van der Waals surface area contributed by atoms with Crippen molar-refractivity contribution in [3.8, 4) is 22.3 Å². The molecule has 0 aliphatic heterocycles. The summed E-state index contributed by atoms with van der Waals surface area (Å²) in [7, 11) is 0. The maximum absolute atomic E-state index is 6.00. The van der Waals surface area contributed by atoms with Crippen LogP contribution in [0.2, 0.25) is 0 Å². The van der Waals surface area contributed by atoms with E-state index in [1.54, 1.807) is 0 Å². The summed E-state index contributed by atoms with van der Waals surface area (Å²) in [5.41, 5.74) is 6.53. The van der Waals surface area contributed by atoms with Crippen LogP contribution in [0.1, 0.15) is 5.56 Å². The predicted octanol–water partition coefficient (Wildman–Crippen LogP) is 5.23. The van der Waals surface area contributed by atoms with Crippen LogP contribution in [0.15, 0.2) is 54.6 Å². The Kier molecular flexibility index (Phi) is 2.03. The van der Waals surface area contributed by atoms with Gasteiger partial charge < -0.3 is 0 Å². The second-order valence-corrected chi connectivity index (χ2v) is 4.99. The van der Waals surface area contributed by atoms with E-state index in [0.717, 1.165) is 0 Å². The Balaban J connectivity index is 2.22. The molecule has 0 saturated carbocycles. The number of halogens is 1. The highest BCUT2D eigenvalue weighted by atomic mass is 35.5. The van der Waals surface area contributed by atoms with Crippen molar-refractivity contribution in [3.05, 3.63) is 60.2 Å². The van der Waals surface area contributed by atoms with E-state index < -0.39 is 0 Å². The van der Waals surface area contributed by atoms with Gasteiger partial charge >= 0.3 is 0 Å². The first-order valence-electron chi connectivity index (χ1n) is 6.10. The lowest BCUT2D eigenvalue weighted by Gasteiger charge is -2.05. The average Bonchev–Trinajstić information content (AvgIpc) is 2.76. The molecule has 0 nitrogen and oxygen atoms in total. The number of hydrogen-bond acceptors (Lipinski definition) is 0. The molecule has 18 heavy (non-hydrogen) atoms. The second-order valence-electron chi connectivity index (χ2n) is 4.73. The Morgan fingerprint density at radius 1 is 0.722 bits per heavy atom. The smallest absolute Gasteiger partial charge is 0.0474 e. The molecule has 4 rings (SSSR count). The van der Waals surface area contributed by atoms with Crippen LogP contribution in [0.25, 0.3) is 33.0 Å². The third-order valence-corrected chi connectivity index (χ3v) is 4.01. The molecule has 0 unspecified atom stereocenters. The van der Waals surface area contributed by atoms with Crippen molar-refractivity contribution in [1.29, 1.82) is 0 Å². The van der Waals surface area contributed by atoms with Crippen LogP contribution >= 0.6 is 11.6 Å². The first-order chi connectivity index (χ1) is 8.88. The molecule has 0 bridgehead atoms. The van der Waals surface area contributed by atoms with Gasteiger partial charge in [0.25, 0.3) is 0 Å². The van der Waals surface area contributed by atoms with Gasteiger partial charge in [0.2, 0.25) is 0 Å². The van der Waals surface area contributed by atoms with Crippen molar-refractivity contribution in [1.82, 2.24) is 0 Å². The molecule has 3 aromatic carbocycles. The molecular formula is C17H11Cl. The van der Waals surface area contributed by atoms with E-state index in [1.807, 2.05) is 0 Å². The number of fused-ring (bicyclic) bond motifs is 3. The molecule has 0 spiro atoms. The summed E-state index contributed by atoms with van der Waals surface area (Å²) in [5.74, 6) is 0.565. The topological polar surface area (TPSA) is 0 Å². The summed E-state index contributed by atoms with van der Waals surface area (Å²) >= 11 is 6.00. The van der Waals surface area contributed by atoms with Gasteiger partial charge in [0.15, 0.2) is 0 Å². The van der Waals surface area contributed by atoms with E-state index in [0.29, 0.717) is 5.88 Å². The zero-order valence-electron chi connectivity index (χ0n) is 9.78. The van der Waals surface area contributed by atoms with E-state index in [2.05, 4.69) is 54.6 Å². The summed E-state index contributed by atoms with van der Waals surface area (Å²) in [4.78, 5) is 0. The molecule has 3 aromatic rings. The highest BCUT2D eigenvalue weighted by molar-refractivity contribution is 6.19. The van der Waals surface area contributed by atoms with Gasteiger partial charge in [0.05, 0.1) is 0 Å². The molecule has 0 heterocycles. The molecule has 0 N–H and O–H groups in total. The summed E-state index contributed by atoms with van der Waals surface area (Å²) < 4.78 is 0. The lowest BCUT2D eigenvalue weighted by molar-refractivity contribution is 1.43. The van der Waals surface area contributed by atoms with Gasteiger partial charge in [-0.25, -0.2) is 0 Å². The third-order valence-electron chi connectivity index (χ3n) is 3.70. The molecule has 1 heteroatoms. The van der Waals surface area contributed by atoms with E-state index in [-0.39, 0.29) is 0 Å². The summed E-state index contributed by atoms with van der Waals surface area (Å²) in [6.07, 6.45) is 0. The van der Waals surface area contributed by atoms with E-state index in [1.165, 1.54) is 38.6 Å². The number of hydrogen-bond donors (Lipinski definition) is 0. The van der Waals surface area contributed by atoms with Gasteiger partial charge in [-0.05, 0) is 50.7 Å². The quantitative estimate of drug-likeness (QED) is 0.406. The van der Waals surface area contributed by atoms with Crippen LogP contribution < -0.4 is 0 Å². The Bertz CT molecular complexity index is 772. The van der Waals surface area contributed by atoms with Crippen molar-refractivity contribution >= 4 is 22.4 Å². The highest BCUT2D eigenvalue weighted by Gasteiger charge is 2.20. The zero-order chi connectivity index (χ0) is 12.1. The number of benzene rings is 3. The summed E-state index contributed by atoms with van der Waals surface area (Å²) in [6.45, 7) is 0. The minimum absolute atomic E-state index is 0.565. The molecule has 0 saturated heterocycles. The molecule has 0 fully saturated rings. The van der Waals surface area contributed by atoms with Crippen LogP contribution in [0.4, 0.5) is 0 Å². The molecule has 1 aliphatic rings. The maximum atomic E-state index is 6.00. The molecule has 86 valence electrons. The van der Waals surface area contributed by atoms with E-state index in [9.17, 15) is 0 Å². The Hall–Kier alpha value is -1.79. The zero-order valence-corrected chi connectivity index (χ0v) is 10.5. The summed E-state index contributed by atoms with van der Waals surface area (Å²) in [5, 5.41) is 2.66. The maximum Gasteiger partial charge on any atom is 0.0474 e. The highest BCUT2D eigenvalue weighted by Crippen LogP contribution is 2.47. The summed E-state index contributed by atoms with van der Waals surface area (Å²) in [6, 6.07) is 19.5. The minimum Gasteiger partial charge on any atom is -0.122 e. The Morgan fingerprint density at radius 2 is 1.44 bits per heavy atom. The van der Waals surface area contributed by atoms with E-state index in [4.69, 9.17) is 11.6 Å². The van der Waals surface area contributed by atoms with Crippen molar-refractivity contribution in [3.63, 3.8) is 0 Å². The fourth-order valence-corrected chi connectivity index (χ4v) is 3.11. The fraction of sp³-hybridized carbons (Fsp3) is 0.0588. The molecule has 0 amide bonds. The lowest BCUT2D eigenvalue weighted by atomic mass is 10.0. The second kappa shape index (κ2) is 3.60. The van der Waals surface area contributed by atoms with Crippen molar-refractivity contribution in [2.24, 2.45) is 0 Å². The lowest BCUT2D eigenvalue weighted by Crippen LogP contribution is -1.81. The number of alkyl halides is 1. The van der Waals surface area contributed by atoms with Crippen molar-refractivity contribution < 1.29 is 0 Å². The Labute approximate surface area is 111 Å². The van der Waals surface area contributed by atoms with Gasteiger partial charge in [0.1, 0.15) is 0 Å². The van der Waals surface area contributed by atoms with Crippen LogP contribution in [0, 0.1) is 0 Å². The van der Waals surface area contributed by atoms with Crippen molar-refractivity contribution in [2.75, 3.05) is 0 Å².